The van der Waals surface area contributed by atoms with Crippen molar-refractivity contribution >= 4 is 18.4 Å². The molecule has 2 heterocycles. The van der Waals surface area contributed by atoms with Gasteiger partial charge in [0.15, 0.2) is 5.82 Å². The van der Waals surface area contributed by atoms with Crippen LogP contribution in [0.15, 0.2) is 11.1 Å². The lowest BCUT2D eigenvalue weighted by molar-refractivity contribution is 0.271. The summed E-state index contributed by atoms with van der Waals surface area (Å²) in [7, 11) is 0. The Bertz CT molecular complexity index is 472. The van der Waals surface area contributed by atoms with Crippen molar-refractivity contribution in [3.05, 3.63) is 17.6 Å². The molecule has 0 saturated carbocycles. The molecule has 1 N–H and O–H groups in total. The van der Waals surface area contributed by atoms with Gasteiger partial charge in [0.25, 0.3) is 5.78 Å². The lowest BCUT2D eigenvalue weighted by Gasteiger charge is -1.97. The lowest BCUT2D eigenvalue weighted by Crippen LogP contribution is -1.97. The molecule has 0 aromatic carbocycles. The van der Waals surface area contributed by atoms with E-state index < -0.39 is 6.67 Å². The quantitative estimate of drug-likeness (QED) is 0.560. The number of rotatable bonds is 2. The molecule has 0 bridgehead atoms. The highest BCUT2D eigenvalue weighted by Crippen LogP contribution is 2.11. The summed E-state index contributed by atoms with van der Waals surface area (Å²) in [4.78, 5) is 7.75. The molecular weight excluding hydrogens is 207 g/mol. The van der Waals surface area contributed by atoms with Gasteiger partial charge in [-0.15, -0.1) is 17.7 Å². The number of aliphatic hydroxyl groups is 1. The molecule has 0 fully saturated rings. The van der Waals surface area contributed by atoms with Crippen LogP contribution in [0.2, 0.25) is 0 Å². The predicted molar refractivity (Wildman–Crippen MR) is 48.8 cm³/mol. The van der Waals surface area contributed by atoms with Crippen LogP contribution in [0.3, 0.4) is 0 Å². The number of nitrogens with zero attached hydrogens (tertiary/aromatic N) is 4. The topological polar surface area (TPSA) is 63.3 Å². The van der Waals surface area contributed by atoms with Gasteiger partial charge in [0, 0.05) is 0 Å². The molecule has 0 amide bonds. The molecule has 14 heavy (non-hydrogen) atoms. The van der Waals surface area contributed by atoms with Gasteiger partial charge in [-0.05, 0) is 6.07 Å². The molecule has 74 valence electrons. The Hall–Kier alpha value is -1.21. The number of thiol groups is 1. The second-order valence-electron chi connectivity index (χ2n) is 2.64. The number of halogens is 1. The van der Waals surface area contributed by atoms with Crippen LogP contribution in [0.25, 0.3) is 5.78 Å². The number of alkyl halides is 1. The SMILES string of the molecule is OCc1nc2nc(CF)cc(S)n2n1. The maximum Gasteiger partial charge on any atom is 0.253 e. The van der Waals surface area contributed by atoms with E-state index in [1.165, 1.54) is 10.6 Å². The highest BCUT2D eigenvalue weighted by atomic mass is 32.1. The summed E-state index contributed by atoms with van der Waals surface area (Å²) >= 11 is 4.10. The van der Waals surface area contributed by atoms with Crippen LogP contribution >= 0.6 is 12.6 Å². The zero-order valence-corrected chi connectivity index (χ0v) is 7.95. The zero-order chi connectivity index (χ0) is 10.1. The van der Waals surface area contributed by atoms with Gasteiger partial charge >= 0.3 is 0 Å². The first-order chi connectivity index (χ1) is 6.74. The van der Waals surface area contributed by atoms with Crippen molar-refractivity contribution in [1.29, 1.82) is 0 Å². The van der Waals surface area contributed by atoms with E-state index >= 15 is 0 Å². The fourth-order valence-corrected chi connectivity index (χ4v) is 1.36. The molecule has 0 unspecified atom stereocenters. The Morgan fingerprint density at radius 3 is 2.93 bits per heavy atom. The third-order valence-corrected chi connectivity index (χ3v) is 1.99. The third kappa shape index (κ3) is 1.44. The minimum absolute atomic E-state index is 0.240. The molecule has 2 aromatic heterocycles. The summed E-state index contributed by atoms with van der Waals surface area (Å²) in [6.07, 6.45) is 0. The van der Waals surface area contributed by atoms with Gasteiger partial charge in [0.2, 0.25) is 0 Å². The fraction of sp³-hybridized carbons (Fsp3) is 0.286. The molecule has 2 aromatic rings. The maximum absolute atomic E-state index is 12.3. The van der Waals surface area contributed by atoms with Gasteiger partial charge in [-0.25, -0.2) is 9.37 Å². The molecule has 0 aliphatic rings. The third-order valence-electron chi connectivity index (χ3n) is 1.67. The summed E-state index contributed by atoms with van der Waals surface area (Å²) in [6, 6.07) is 1.46. The predicted octanol–water partition coefficient (Wildman–Crippen LogP) is 0.375. The van der Waals surface area contributed by atoms with Gasteiger partial charge in [-0.2, -0.15) is 9.50 Å². The number of fused-ring (bicyclic) bond motifs is 1. The normalized spacial score (nSPS) is 11.1. The Morgan fingerprint density at radius 1 is 1.50 bits per heavy atom. The molecule has 5 nitrogen and oxygen atoms in total. The first kappa shape index (κ1) is 9.35. The largest absolute Gasteiger partial charge is 0.388 e. The van der Waals surface area contributed by atoms with E-state index in [4.69, 9.17) is 5.11 Å². The molecular formula is C7H7FN4OS. The van der Waals surface area contributed by atoms with E-state index in [2.05, 4.69) is 27.7 Å². The van der Waals surface area contributed by atoms with Gasteiger partial charge in [-0.3, -0.25) is 0 Å². The lowest BCUT2D eigenvalue weighted by atomic mass is 10.4. The minimum Gasteiger partial charge on any atom is -0.388 e. The number of aromatic nitrogens is 4. The average Bonchev–Trinajstić information content (AvgIpc) is 2.61. The van der Waals surface area contributed by atoms with E-state index in [0.717, 1.165) is 0 Å². The van der Waals surface area contributed by atoms with E-state index in [1.54, 1.807) is 0 Å². The van der Waals surface area contributed by atoms with Crippen molar-refractivity contribution in [2.24, 2.45) is 0 Å². The van der Waals surface area contributed by atoms with Crippen LogP contribution in [0, 0.1) is 0 Å². The van der Waals surface area contributed by atoms with Crippen molar-refractivity contribution in [3.63, 3.8) is 0 Å². The zero-order valence-electron chi connectivity index (χ0n) is 7.05. The van der Waals surface area contributed by atoms with E-state index in [1.807, 2.05) is 0 Å². The van der Waals surface area contributed by atoms with Crippen LogP contribution in [-0.4, -0.2) is 24.7 Å². The number of hydrogen-bond donors (Lipinski definition) is 2. The second kappa shape index (κ2) is 3.50. The summed E-state index contributed by atoms with van der Waals surface area (Å²) < 4.78 is 13.7. The van der Waals surface area contributed by atoms with E-state index in [-0.39, 0.29) is 23.9 Å². The van der Waals surface area contributed by atoms with Crippen LogP contribution in [0.4, 0.5) is 4.39 Å². The van der Waals surface area contributed by atoms with Gasteiger partial charge in [-0.1, -0.05) is 0 Å². The second-order valence-corrected chi connectivity index (χ2v) is 3.10. The standard InChI is InChI=1S/C7H7FN4OS/c8-2-4-1-6(14)12-7(9-4)10-5(3-13)11-12/h1,13-14H,2-3H2. The van der Waals surface area contributed by atoms with Gasteiger partial charge in [0.05, 0.1) is 5.69 Å². The molecule has 0 spiro atoms. The van der Waals surface area contributed by atoms with Crippen molar-refractivity contribution in [1.82, 2.24) is 19.6 Å². The Kier molecular flexibility index (Phi) is 2.34. The summed E-state index contributed by atoms with van der Waals surface area (Å²) in [6.45, 7) is -0.951. The summed E-state index contributed by atoms with van der Waals surface area (Å²) in [5, 5.41) is 13.1. The monoisotopic (exact) mass is 214 g/mol. The van der Waals surface area contributed by atoms with Crippen LogP contribution < -0.4 is 0 Å². The number of aliphatic hydroxyl groups excluding tert-OH is 1. The van der Waals surface area contributed by atoms with E-state index in [9.17, 15) is 4.39 Å². The maximum atomic E-state index is 12.3. The highest BCUT2D eigenvalue weighted by Gasteiger charge is 2.08. The summed E-state index contributed by atoms with van der Waals surface area (Å²) in [5.74, 6) is 0.484. The smallest absolute Gasteiger partial charge is 0.253 e. The van der Waals surface area contributed by atoms with Crippen LogP contribution in [0.1, 0.15) is 11.5 Å². The van der Waals surface area contributed by atoms with E-state index in [0.29, 0.717) is 5.03 Å². The molecule has 7 heteroatoms. The Labute approximate surface area is 84.0 Å². The molecule has 0 radical (unpaired) electrons. The minimum atomic E-state index is -0.675. The Balaban J connectivity index is 2.67. The van der Waals surface area contributed by atoms with Crippen molar-refractivity contribution in [3.8, 4) is 0 Å². The molecule has 2 rings (SSSR count). The molecule has 0 atom stereocenters. The van der Waals surface area contributed by atoms with Crippen molar-refractivity contribution in [2.45, 2.75) is 18.3 Å². The highest BCUT2D eigenvalue weighted by molar-refractivity contribution is 7.80. The van der Waals surface area contributed by atoms with Crippen LogP contribution in [-0.2, 0) is 13.3 Å². The average molecular weight is 214 g/mol. The molecule has 0 aliphatic heterocycles. The molecule has 0 aliphatic carbocycles. The first-order valence-electron chi connectivity index (χ1n) is 3.86. The molecule has 0 saturated heterocycles. The van der Waals surface area contributed by atoms with Crippen LogP contribution in [0.5, 0.6) is 0 Å². The van der Waals surface area contributed by atoms with Gasteiger partial charge < -0.3 is 5.11 Å². The first-order valence-corrected chi connectivity index (χ1v) is 4.30. The fourth-order valence-electron chi connectivity index (χ4n) is 1.08. The van der Waals surface area contributed by atoms with Crippen molar-refractivity contribution < 1.29 is 9.50 Å². The van der Waals surface area contributed by atoms with Crippen molar-refractivity contribution in [2.75, 3.05) is 0 Å². The van der Waals surface area contributed by atoms with Gasteiger partial charge in [0.1, 0.15) is 18.3 Å². The summed E-state index contributed by atoms with van der Waals surface area (Å²) in [5.41, 5.74) is 0.249. The Morgan fingerprint density at radius 2 is 2.29 bits per heavy atom. The number of hydrogen-bond acceptors (Lipinski definition) is 5.